The monoisotopic (exact) mass is 269 g/mol. The van der Waals surface area contributed by atoms with Crippen LogP contribution in [-0.2, 0) is 11.3 Å². The minimum Gasteiger partial charge on any atom is -0.324 e. The van der Waals surface area contributed by atoms with Crippen molar-refractivity contribution in [1.29, 1.82) is 0 Å². The molecule has 0 saturated heterocycles. The maximum atomic E-state index is 12.5. The van der Waals surface area contributed by atoms with Gasteiger partial charge in [-0.2, -0.15) is 0 Å². The first kappa shape index (κ1) is 13.1. The number of hydrogen-bond acceptors (Lipinski definition) is 2. The predicted molar refractivity (Wildman–Crippen MR) is 77.5 cm³/mol. The molecule has 0 radical (unpaired) electrons. The maximum Gasteiger partial charge on any atom is 0.255 e. The Morgan fingerprint density at radius 3 is 2.85 bits per heavy atom. The number of Topliss-reactive ketones (excluding diaryl/α,β-unsaturated/α-hetero) is 1. The van der Waals surface area contributed by atoms with Crippen LogP contribution < -0.4 is 0 Å². The molecule has 3 heteroatoms. The zero-order valence-electron chi connectivity index (χ0n) is 11.8. The molecule has 3 nitrogen and oxygen atoms in total. The highest BCUT2D eigenvalue weighted by molar-refractivity contribution is 6.02. The van der Waals surface area contributed by atoms with E-state index in [4.69, 9.17) is 0 Å². The number of hydrogen-bond donors (Lipinski definition) is 0. The third-order valence-corrected chi connectivity index (χ3v) is 4.41. The van der Waals surface area contributed by atoms with Gasteiger partial charge in [0, 0.05) is 18.5 Å². The zero-order valence-corrected chi connectivity index (χ0v) is 11.8. The van der Waals surface area contributed by atoms with Crippen LogP contribution in [-0.4, -0.2) is 22.6 Å². The minimum absolute atomic E-state index is 0.00885. The molecule has 1 aromatic rings. The third-order valence-electron chi connectivity index (χ3n) is 4.41. The molecule has 1 aliphatic heterocycles. The van der Waals surface area contributed by atoms with E-state index in [1.54, 1.807) is 4.90 Å². The van der Waals surface area contributed by atoms with E-state index >= 15 is 0 Å². The van der Waals surface area contributed by atoms with Crippen LogP contribution in [0.4, 0.5) is 0 Å². The first-order chi connectivity index (χ1) is 9.58. The van der Waals surface area contributed by atoms with Crippen LogP contribution in [0, 0.1) is 6.92 Å². The van der Waals surface area contributed by atoms with Crippen molar-refractivity contribution in [1.82, 2.24) is 4.90 Å². The fourth-order valence-corrected chi connectivity index (χ4v) is 3.25. The smallest absolute Gasteiger partial charge is 0.255 e. The van der Waals surface area contributed by atoms with E-state index in [1.807, 2.05) is 25.1 Å². The second kappa shape index (κ2) is 4.89. The molecule has 1 amide bonds. The van der Waals surface area contributed by atoms with Gasteiger partial charge in [0.05, 0.1) is 6.04 Å². The molecule has 0 aromatic heterocycles. The van der Waals surface area contributed by atoms with Gasteiger partial charge in [-0.25, -0.2) is 0 Å². The molecule has 0 bridgehead atoms. The van der Waals surface area contributed by atoms with Crippen LogP contribution in [0.1, 0.15) is 47.2 Å². The van der Waals surface area contributed by atoms with Gasteiger partial charge in [-0.15, -0.1) is 0 Å². The van der Waals surface area contributed by atoms with Crippen LogP contribution in [0.5, 0.6) is 0 Å². The molecule has 20 heavy (non-hydrogen) atoms. The van der Waals surface area contributed by atoms with Crippen LogP contribution in [0.3, 0.4) is 0 Å². The lowest BCUT2D eigenvalue weighted by Crippen LogP contribution is -2.40. The molecule has 0 N–H and O–H groups in total. The number of fused-ring (bicyclic) bond motifs is 1. The number of ketones is 1. The molecule has 1 aromatic carbocycles. The average Bonchev–Trinajstić information content (AvgIpc) is 2.64. The van der Waals surface area contributed by atoms with Gasteiger partial charge in [-0.05, 0) is 43.4 Å². The minimum atomic E-state index is -0.270. The first-order valence-corrected chi connectivity index (χ1v) is 7.16. The number of benzene rings is 1. The van der Waals surface area contributed by atoms with E-state index in [1.165, 1.54) is 0 Å². The van der Waals surface area contributed by atoms with Crippen LogP contribution in [0.15, 0.2) is 30.4 Å². The van der Waals surface area contributed by atoms with E-state index in [2.05, 4.69) is 6.58 Å². The van der Waals surface area contributed by atoms with Crippen LogP contribution >= 0.6 is 0 Å². The first-order valence-electron chi connectivity index (χ1n) is 7.16. The highest BCUT2D eigenvalue weighted by Gasteiger charge is 2.37. The number of rotatable bonds is 1. The number of aryl methyl sites for hydroxylation is 1. The van der Waals surface area contributed by atoms with Crippen molar-refractivity contribution in [2.24, 2.45) is 0 Å². The third kappa shape index (κ3) is 2.07. The number of allylic oxidation sites excluding steroid dienone is 1. The van der Waals surface area contributed by atoms with Gasteiger partial charge >= 0.3 is 0 Å². The lowest BCUT2D eigenvalue weighted by molar-refractivity contribution is -0.122. The summed E-state index contributed by atoms with van der Waals surface area (Å²) in [6.07, 6.45) is 3.02. The molecule has 2 aliphatic rings. The Bertz CT molecular complexity index is 603. The van der Waals surface area contributed by atoms with Crippen molar-refractivity contribution in [2.45, 2.75) is 45.2 Å². The normalized spacial score (nSPS) is 22.9. The van der Waals surface area contributed by atoms with Gasteiger partial charge in [0.25, 0.3) is 5.91 Å². The van der Waals surface area contributed by atoms with Crippen molar-refractivity contribution in [3.63, 3.8) is 0 Å². The topological polar surface area (TPSA) is 37.4 Å². The number of carbonyl (C=O) groups is 2. The lowest BCUT2D eigenvalue weighted by atomic mass is 10.0. The van der Waals surface area contributed by atoms with Gasteiger partial charge in [0.2, 0.25) is 0 Å². The Labute approximate surface area is 119 Å². The van der Waals surface area contributed by atoms with E-state index in [0.29, 0.717) is 13.0 Å². The summed E-state index contributed by atoms with van der Waals surface area (Å²) in [5.41, 5.74) is 3.97. The van der Waals surface area contributed by atoms with Gasteiger partial charge < -0.3 is 4.90 Å². The summed E-state index contributed by atoms with van der Waals surface area (Å²) in [5, 5.41) is 0. The highest BCUT2D eigenvalue weighted by Crippen LogP contribution is 2.31. The average molecular weight is 269 g/mol. The molecule has 104 valence electrons. The maximum absolute atomic E-state index is 12.5. The fourth-order valence-electron chi connectivity index (χ4n) is 3.25. The van der Waals surface area contributed by atoms with E-state index in [9.17, 15) is 9.59 Å². The largest absolute Gasteiger partial charge is 0.324 e. The standard InChI is InChI=1S/C17H19NO2/c1-11-5-3-8-15(16(19)9-11)18-10-14-12(2)6-4-7-13(14)17(18)20/h4,6-7,15H,1,3,5,8-10H2,2H3/t15-/m0/s1. The fraction of sp³-hybridized carbons (Fsp3) is 0.412. The molecule has 1 fully saturated rings. The molecule has 1 aliphatic carbocycles. The summed E-state index contributed by atoms with van der Waals surface area (Å²) in [7, 11) is 0. The summed E-state index contributed by atoms with van der Waals surface area (Å²) in [6, 6.07) is 5.53. The Morgan fingerprint density at radius 2 is 2.10 bits per heavy atom. The quantitative estimate of drug-likeness (QED) is 0.580. The summed E-state index contributed by atoms with van der Waals surface area (Å²) < 4.78 is 0. The van der Waals surface area contributed by atoms with Crippen molar-refractivity contribution >= 4 is 11.7 Å². The van der Waals surface area contributed by atoms with Gasteiger partial charge in [0.1, 0.15) is 0 Å². The van der Waals surface area contributed by atoms with Crippen molar-refractivity contribution in [2.75, 3.05) is 0 Å². The van der Waals surface area contributed by atoms with Crippen molar-refractivity contribution in [3.05, 3.63) is 47.0 Å². The van der Waals surface area contributed by atoms with Crippen LogP contribution in [0.25, 0.3) is 0 Å². The Hall–Kier alpha value is -1.90. The van der Waals surface area contributed by atoms with Crippen molar-refractivity contribution in [3.8, 4) is 0 Å². The Kier molecular flexibility index (Phi) is 3.20. The summed E-state index contributed by atoms with van der Waals surface area (Å²) in [6.45, 7) is 6.53. The summed E-state index contributed by atoms with van der Waals surface area (Å²) in [5.74, 6) is 0.154. The van der Waals surface area contributed by atoms with Crippen LogP contribution in [0.2, 0.25) is 0 Å². The molecule has 3 rings (SSSR count). The molecule has 0 spiro atoms. The van der Waals surface area contributed by atoms with E-state index in [-0.39, 0.29) is 17.7 Å². The predicted octanol–water partition coefficient (Wildman–Crippen LogP) is 3.02. The summed E-state index contributed by atoms with van der Waals surface area (Å²) >= 11 is 0. The van der Waals surface area contributed by atoms with Crippen molar-refractivity contribution < 1.29 is 9.59 Å². The van der Waals surface area contributed by atoms with Gasteiger partial charge in [-0.1, -0.05) is 24.3 Å². The number of amides is 1. The highest BCUT2D eigenvalue weighted by atomic mass is 16.2. The second-order valence-electron chi connectivity index (χ2n) is 5.84. The molecule has 1 heterocycles. The number of nitrogens with zero attached hydrogens (tertiary/aromatic N) is 1. The Morgan fingerprint density at radius 1 is 1.30 bits per heavy atom. The van der Waals surface area contributed by atoms with E-state index < -0.39 is 0 Å². The second-order valence-corrected chi connectivity index (χ2v) is 5.84. The zero-order chi connectivity index (χ0) is 14.3. The lowest BCUT2D eigenvalue weighted by Gasteiger charge is -2.25. The molecular weight excluding hydrogens is 250 g/mol. The number of carbonyl (C=O) groups excluding carboxylic acids is 2. The molecule has 1 saturated carbocycles. The van der Waals surface area contributed by atoms with Gasteiger partial charge in [-0.3, -0.25) is 9.59 Å². The van der Waals surface area contributed by atoms with E-state index in [0.717, 1.165) is 41.5 Å². The Balaban J connectivity index is 1.90. The SMILES string of the molecule is C=C1CCC[C@H](N2Cc3c(C)cccc3C2=O)C(=O)C1. The summed E-state index contributed by atoms with van der Waals surface area (Å²) in [4.78, 5) is 26.6. The molecule has 0 unspecified atom stereocenters. The van der Waals surface area contributed by atoms with Gasteiger partial charge in [0.15, 0.2) is 5.78 Å². The molecular formula is C17H19NO2. The molecule has 1 atom stereocenters.